The second kappa shape index (κ2) is 3.69. The van der Waals surface area contributed by atoms with Gasteiger partial charge in [0.25, 0.3) is 0 Å². The normalized spacial score (nSPS) is 10.7. The van der Waals surface area contributed by atoms with Gasteiger partial charge >= 0.3 is 0 Å². The summed E-state index contributed by atoms with van der Waals surface area (Å²) >= 11 is 7.37. The number of carbonyl (C=O) groups is 1. The van der Waals surface area contributed by atoms with Crippen LogP contribution in [0, 0.1) is 0 Å². The molecular formula is C10H7ClO2S. The topological polar surface area (TPSA) is 37.3 Å². The number of rotatable bonds is 2. The molecule has 0 aliphatic carbocycles. The Balaban J connectivity index is 2.88. The molecule has 0 aliphatic heterocycles. The maximum absolute atomic E-state index is 10.9. The minimum absolute atomic E-state index is 0.121. The van der Waals surface area contributed by atoms with E-state index in [9.17, 15) is 4.79 Å². The van der Waals surface area contributed by atoms with Crippen molar-refractivity contribution in [1.29, 1.82) is 0 Å². The zero-order chi connectivity index (χ0) is 10.1. The smallest absolute Gasteiger partial charge is 0.151 e. The molecule has 0 fully saturated rings. The average molecular weight is 227 g/mol. The summed E-state index contributed by atoms with van der Waals surface area (Å²) in [6.07, 6.45) is 0.746. The number of aliphatic hydroxyl groups is 1. The summed E-state index contributed by atoms with van der Waals surface area (Å²) in [5.74, 6) is 0. The Bertz CT molecular complexity index is 490. The molecule has 0 spiro atoms. The van der Waals surface area contributed by atoms with E-state index in [1.165, 1.54) is 11.3 Å². The molecule has 0 atom stereocenters. The molecule has 2 nitrogen and oxygen atoms in total. The molecule has 14 heavy (non-hydrogen) atoms. The summed E-state index contributed by atoms with van der Waals surface area (Å²) < 4.78 is 0.934. The molecule has 0 unspecified atom stereocenters. The van der Waals surface area contributed by atoms with Gasteiger partial charge in [-0.15, -0.1) is 11.3 Å². The van der Waals surface area contributed by atoms with Gasteiger partial charge in [-0.25, -0.2) is 0 Å². The van der Waals surface area contributed by atoms with Crippen LogP contribution in [0.4, 0.5) is 0 Å². The third-order valence-corrected chi connectivity index (χ3v) is 3.51. The average Bonchev–Trinajstić information content (AvgIpc) is 2.56. The molecule has 1 aromatic carbocycles. The molecule has 1 N–H and O–H groups in total. The first kappa shape index (κ1) is 9.65. The number of fused-ring (bicyclic) bond motifs is 1. The largest absolute Gasteiger partial charge is 0.391 e. The monoisotopic (exact) mass is 226 g/mol. The van der Waals surface area contributed by atoms with Gasteiger partial charge in [-0.1, -0.05) is 17.7 Å². The zero-order valence-electron chi connectivity index (χ0n) is 7.16. The van der Waals surface area contributed by atoms with Crippen molar-refractivity contribution in [2.24, 2.45) is 0 Å². The zero-order valence-corrected chi connectivity index (χ0v) is 8.73. The van der Waals surface area contributed by atoms with Gasteiger partial charge in [-0.05, 0) is 12.1 Å². The number of benzene rings is 1. The number of hydrogen-bond donors (Lipinski definition) is 1. The van der Waals surface area contributed by atoms with Crippen LogP contribution in [-0.4, -0.2) is 11.4 Å². The van der Waals surface area contributed by atoms with Crippen LogP contribution in [0.2, 0.25) is 5.02 Å². The molecular weight excluding hydrogens is 220 g/mol. The fourth-order valence-electron chi connectivity index (χ4n) is 1.42. The molecule has 72 valence electrons. The van der Waals surface area contributed by atoms with Gasteiger partial charge in [-0.3, -0.25) is 4.79 Å². The standard InChI is InChI=1S/C10H7ClO2S/c11-7-2-1-3-8-10(7)6(4-12)9(5-13)14-8/h1-4,13H,5H2. The van der Waals surface area contributed by atoms with Crippen LogP contribution >= 0.6 is 22.9 Å². The third kappa shape index (κ3) is 1.34. The maximum atomic E-state index is 10.9. The van der Waals surface area contributed by atoms with Crippen LogP contribution in [-0.2, 0) is 6.61 Å². The first-order valence-electron chi connectivity index (χ1n) is 4.04. The summed E-state index contributed by atoms with van der Waals surface area (Å²) in [4.78, 5) is 11.5. The van der Waals surface area contributed by atoms with Crippen LogP contribution < -0.4 is 0 Å². The second-order valence-electron chi connectivity index (χ2n) is 2.83. The summed E-state index contributed by atoms with van der Waals surface area (Å²) in [6, 6.07) is 5.46. The van der Waals surface area contributed by atoms with E-state index in [1.54, 1.807) is 6.07 Å². The van der Waals surface area contributed by atoms with Crippen molar-refractivity contribution in [2.75, 3.05) is 0 Å². The number of hydrogen-bond acceptors (Lipinski definition) is 3. The summed E-state index contributed by atoms with van der Waals surface area (Å²) in [6.45, 7) is -0.121. The third-order valence-electron chi connectivity index (χ3n) is 2.04. The lowest BCUT2D eigenvalue weighted by Gasteiger charge is -1.94. The lowest BCUT2D eigenvalue weighted by Crippen LogP contribution is -1.85. The maximum Gasteiger partial charge on any atom is 0.151 e. The molecule has 0 saturated carbocycles. The van der Waals surface area contributed by atoms with E-state index in [1.807, 2.05) is 12.1 Å². The van der Waals surface area contributed by atoms with E-state index in [-0.39, 0.29) is 6.61 Å². The number of aliphatic hydroxyl groups excluding tert-OH is 1. The molecule has 0 bridgehead atoms. The van der Waals surface area contributed by atoms with Crippen LogP contribution in [0.25, 0.3) is 10.1 Å². The van der Waals surface area contributed by atoms with E-state index < -0.39 is 0 Å². The van der Waals surface area contributed by atoms with Gasteiger partial charge in [0.05, 0.1) is 6.61 Å². The Kier molecular flexibility index (Phi) is 2.54. The van der Waals surface area contributed by atoms with Crippen LogP contribution in [0.5, 0.6) is 0 Å². The Labute approximate surface area is 89.7 Å². The Hall–Kier alpha value is -0.900. The predicted molar refractivity (Wildman–Crippen MR) is 58.1 cm³/mol. The molecule has 1 aromatic heterocycles. The van der Waals surface area contributed by atoms with Crippen molar-refractivity contribution >= 4 is 39.3 Å². The fraction of sp³-hybridized carbons (Fsp3) is 0.100. The first-order chi connectivity index (χ1) is 6.77. The lowest BCUT2D eigenvalue weighted by atomic mass is 10.1. The molecule has 0 aliphatic rings. The predicted octanol–water partition coefficient (Wildman–Crippen LogP) is 2.86. The Morgan fingerprint density at radius 3 is 2.93 bits per heavy atom. The van der Waals surface area contributed by atoms with Crippen molar-refractivity contribution in [3.05, 3.63) is 33.7 Å². The van der Waals surface area contributed by atoms with Crippen molar-refractivity contribution < 1.29 is 9.90 Å². The number of carbonyl (C=O) groups excluding carboxylic acids is 1. The van der Waals surface area contributed by atoms with E-state index in [2.05, 4.69) is 0 Å². The molecule has 1 heterocycles. The molecule has 0 amide bonds. The van der Waals surface area contributed by atoms with E-state index >= 15 is 0 Å². The Morgan fingerprint density at radius 1 is 1.50 bits per heavy atom. The van der Waals surface area contributed by atoms with Crippen LogP contribution in [0.1, 0.15) is 15.2 Å². The Morgan fingerprint density at radius 2 is 2.29 bits per heavy atom. The van der Waals surface area contributed by atoms with Crippen molar-refractivity contribution in [3.8, 4) is 0 Å². The molecule has 4 heteroatoms. The van der Waals surface area contributed by atoms with Gasteiger partial charge in [0, 0.05) is 25.5 Å². The van der Waals surface area contributed by atoms with E-state index in [4.69, 9.17) is 16.7 Å². The summed E-state index contributed by atoms with van der Waals surface area (Å²) in [7, 11) is 0. The number of halogens is 1. The number of thiophene rings is 1. The van der Waals surface area contributed by atoms with Gasteiger partial charge in [0.1, 0.15) is 0 Å². The van der Waals surface area contributed by atoms with E-state index in [0.29, 0.717) is 15.5 Å². The van der Waals surface area contributed by atoms with Gasteiger partial charge in [-0.2, -0.15) is 0 Å². The summed E-state index contributed by atoms with van der Waals surface area (Å²) in [5.41, 5.74) is 0.512. The van der Waals surface area contributed by atoms with Crippen molar-refractivity contribution in [3.63, 3.8) is 0 Å². The highest BCUT2D eigenvalue weighted by atomic mass is 35.5. The van der Waals surface area contributed by atoms with Crippen molar-refractivity contribution in [2.45, 2.75) is 6.61 Å². The van der Waals surface area contributed by atoms with E-state index in [0.717, 1.165) is 16.4 Å². The minimum atomic E-state index is -0.121. The SMILES string of the molecule is O=Cc1c(CO)sc2cccc(Cl)c12. The van der Waals surface area contributed by atoms with Gasteiger partial charge < -0.3 is 5.11 Å². The molecule has 2 aromatic rings. The van der Waals surface area contributed by atoms with Crippen LogP contribution in [0.15, 0.2) is 18.2 Å². The highest BCUT2D eigenvalue weighted by Gasteiger charge is 2.12. The lowest BCUT2D eigenvalue weighted by molar-refractivity contribution is 0.112. The molecule has 0 saturated heterocycles. The summed E-state index contributed by atoms with van der Waals surface area (Å²) in [5, 5.41) is 10.4. The molecule has 0 radical (unpaired) electrons. The van der Waals surface area contributed by atoms with Gasteiger partial charge in [0.2, 0.25) is 0 Å². The quantitative estimate of drug-likeness (QED) is 0.800. The number of aldehydes is 1. The minimum Gasteiger partial charge on any atom is -0.391 e. The first-order valence-corrected chi connectivity index (χ1v) is 5.23. The fourth-order valence-corrected chi connectivity index (χ4v) is 2.81. The second-order valence-corrected chi connectivity index (χ2v) is 4.37. The highest BCUT2D eigenvalue weighted by Crippen LogP contribution is 2.34. The highest BCUT2D eigenvalue weighted by molar-refractivity contribution is 7.19. The van der Waals surface area contributed by atoms with Crippen molar-refractivity contribution in [1.82, 2.24) is 0 Å². The van der Waals surface area contributed by atoms with Gasteiger partial charge in [0.15, 0.2) is 6.29 Å². The van der Waals surface area contributed by atoms with Crippen LogP contribution in [0.3, 0.4) is 0 Å². The molecule has 2 rings (SSSR count).